The van der Waals surface area contributed by atoms with Gasteiger partial charge in [0.25, 0.3) is 0 Å². The molecule has 11 nitrogen and oxygen atoms in total. The summed E-state index contributed by atoms with van der Waals surface area (Å²) in [4.78, 5) is 28.4. The van der Waals surface area contributed by atoms with E-state index in [1.54, 1.807) is 0 Å². The predicted molar refractivity (Wildman–Crippen MR) is 132 cm³/mol. The van der Waals surface area contributed by atoms with Gasteiger partial charge in [0, 0.05) is 31.8 Å². The van der Waals surface area contributed by atoms with Crippen LogP contribution < -0.4 is 10.6 Å². The molecule has 1 saturated heterocycles. The zero-order chi connectivity index (χ0) is 25.7. The van der Waals surface area contributed by atoms with Gasteiger partial charge in [-0.3, -0.25) is 0 Å². The van der Waals surface area contributed by atoms with Crippen LogP contribution in [0.25, 0.3) is 0 Å². The third-order valence-corrected chi connectivity index (χ3v) is 8.42. The van der Waals surface area contributed by atoms with Gasteiger partial charge in [0.15, 0.2) is 0 Å². The maximum atomic E-state index is 12.1. The van der Waals surface area contributed by atoms with Crippen molar-refractivity contribution in [1.82, 2.24) is 14.6 Å². The maximum Gasteiger partial charge on any atom is 0.408 e. The molecule has 1 saturated carbocycles. The summed E-state index contributed by atoms with van der Waals surface area (Å²) >= 11 is 0. The Balaban J connectivity index is 1.10. The van der Waals surface area contributed by atoms with Crippen molar-refractivity contribution in [3.63, 3.8) is 0 Å². The van der Waals surface area contributed by atoms with Crippen LogP contribution in [0.4, 0.5) is 10.6 Å². The van der Waals surface area contributed by atoms with Crippen molar-refractivity contribution in [2.75, 3.05) is 37.8 Å². The Morgan fingerprint density at radius 1 is 1.31 bits per heavy atom. The highest BCUT2D eigenvalue weighted by Gasteiger charge is 2.33. The minimum Gasteiger partial charge on any atom is -0.480 e. The zero-order valence-electron chi connectivity index (χ0n) is 20.6. The molecule has 0 bridgehead atoms. The van der Waals surface area contributed by atoms with E-state index in [9.17, 15) is 23.1 Å². The third-order valence-electron chi connectivity index (χ3n) is 7.15. The molecule has 200 valence electrons. The lowest BCUT2D eigenvalue weighted by atomic mass is 9.79. The molecule has 3 N–H and O–H groups in total. The monoisotopic (exact) mass is 524 g/mol. The standard InChI is InChI=1S/C24H36N4O7S/c1-36(32,33)28-11-8-19(15-28)35-24(31)27-21(23(29)30)9-12-34-20-13-16(14-20)4-6-18-7-5-17-3-2-10-25-22(17)26-18/h5,7,16,19-21H,2-4,6,8-15H2,1H3,(H,25,26)(H,27,31)(H,29,30)/t16?,19-,20?,21-/m0/s1. The van der Waals surface area contributed by atoms with E-state index in [2.05, 4.69) is 22.8 Å². The molecule has 1 amide bonds. The number of aromatic nitrogens is 1. The molecule has 1 aromatic heterocycles. The van der Waals surface area contributed by atoms with Crippen molar-refractivity contribution < 1.29 is 32.6 Å². The topological polar surface area (TPSA) is 147 Å². The lowest BCUT2D eigenvalue weighted by Gasteiger charge is -2.35. The number of aryl methyl sites for hydroxylation is 2. The van der Waals surface area contributed by atoms with Crippen LogP contribution in [0.15, 0.2) is 12.1 Å². The highest BCUT2D eigenvalue weighted by Crippen LogP contribution is 2.34. The SMILES string of the molecule is CS(=O)(=O)N1CC[C@H](OC(=O)N[C@@H](CCOC2CC(CCc3ccc4c(n3)NCCC4)C2)C(=O)O)C1. The molecule has 3 aliphatic rings. The molecular formula is C24H36N4O7S. The summed E-state index contributed by atoms with van der Waals surface area (Å²) < 4.78 is 35.4. The first-order valence-electron chi connectivity index (χ1n) is 12.7. The summed E-state index contributed by atoms with van der Waals surface area (Å²) in [6, 6.07) is 3.17. The Labute approximate surface area is 212 Å². The molecule has 2 aliphatic heterocycles. The lowest BCUT2D eigenvalue weighted by molar-refractivity contribution is -0.140. The highest BCUT2D eigenvalue weighted by molar-refractivity contribution is 7.88. The van der Waals surface area contributed by atoms with Crippen LogP contribution in [0, 0.1) is 5.92 Å². The molecule has 2 fully saturated rings. The molecule has 1 aliphatic carbocycles. The van der Waals surface area contributed by atoms with Gasteiger partial charge < -0.3 is 25.2 Å². The molecule has 36 heavy (non-hydrogen) atoms. The number of pyridine rings is 1. The second-order valence-electron chi connectivity index (χ2n) is 9.97. The number of aliphatic carboxylic acids is 1. The van der Waals surface area contributed by atoms with E-state index >= 15 is 0 Å². The van der Waals surface area contributed by atoms with Crippen LogP contribution in [0.5, 0.6) is 0 Å². The number of carbonyl (C=O) groups excluding carboxylic acids is 1. The van der Waals surface area contributed by atoms with E-state index in [1.165, 1.54) is 9.87 Å². The Bertz CT molecular complexity index is 1040. The molecule has 2 atom stereocenters. The van der Waals surface area contributed by atoms with E-state index in [0.717, 1.165) is 62.8 Å². The fraction of sp³-hybridized carbons (Fsp3) is 0.708. The maximum absolute atomic E-state index is 12.1. The fourth-order valence-corrected chi connectivity index (χ4v) is 5.81. The number of sulfonamides is 1. The Morgan fingerprint density at radius 2 is 2.11 bits per heavy atom. The number of nitrogens with one attached hydrogen (secondary N) is 2. The Hall–Kier alpha value is -2.44. The van der Waals surface area contributed by atoms with Crippen LogP contribution in [0.3, 0.4) is 0 Å². The van der Waals surface area contributed by atoms with Gasteiger partial charge in [0.2, 0.25) is 10.0 Å². The molecule has 1 aromatic rings. The van der Waals surface area contributed by atoms with E-state index in [-0.39, 0.29) is 32.2 Å². The quantitative estimate of drug-likeness (QED) is 0.394. The molecule has 0 aromatic carbocycles. The van der Waals surface area contributed by atoms with E-state index in [4.69, 9.17) is 14.5 Å². The number of alkyl carbamates (subject to hydrolysis) is 1. The largest absolute Gasteiger partial charge is 0.480 e. The molecule has 4 rings (SSSR count). The molecule has 0 spiro atoms. The lowest BCUT2D eigenvalue weighted by Crippen LogP contribution is -2.43. The van der Waals surface area contributed by atoms with Crippen LogP contribution >= 0.6 is 0 Å². The number of hydrogen-bond acceptors (Lipinski definition) is 8. The number of rotatable bonds is 11. The van der Waals surface area contributed by atoms with Gasteiger partial charge >= 0.3 is 12.1 Å². The smallest absolute Gasteiger partial charge is 0.408 e. The van der Waals surface area contributed by atoms with Crippen molar-refractivity contribution in [2.45, 2.75) is 69.6 Å². The van der Waals surface area contributed by atoms with Crippen LogP contribution in [0.1, 0.15) is 49.8 Å². The van der Waals surface area contributed by atoms with Crippen LogP contribution in [-0.2, 0) is 37.1 Å². The van der Waals surface area contributed by atoms with Gasteiger partial charge in [-0.25, -0.2) is 23.0 Å². The van der Waals surface area contributed by atoms with Gasteiger partial charge in [-0.15, -0.1) is 0 Å². The van der Waals surface area contributed by atoms with Crippen LogP contribution in [-0.4, -0.2) is 85.6 Å². The molecule has 0 unspecified atom stereocenters. The van der Waals surface area contributed by atoms with Crippen molar-refractivity contribution in [3.8, 4) is 0 Å². The van der Waals surface area contributed by atoms with Gasteiger partial charge in [-0.1, -0.05) is 6.07 Å². The van der Waals surface area contributed by atoms with Crippen molar-refractivity contribution in [2.24, 2.45) is 5.92 Å². The number of hydrogen-bond donors (Lipinski definition) is 3. The minimum absolute atomic E-state index is 0.0787. The summed E-state index contributed by atoms with van der Waals surface area (Å²) in [7, 11) is -3.35. The first kappa shape index (κ1) is 26.6. The molecular weight excluding hydrogens is 488 g/mol. The van der Waals surface area contributed by atoms with Gasteiger partial charge in [-0.05, 0) is 62.5 Å². The molecule has 0 radical (unpaired) electrons. The number of carbonyl (C=O) groups is 2. The summed E-state index contributed by atoms with van der Waals surface area (Å²) in [5.74, 6) is 0.429. The Morgan fingerprint density at radius 3 is 2.83 bits per heavy atom. The predicted octanol–water partition coefficient (Wildman–Crippen LogP) is 1.77. The number of fused-ring (bicyclic) bond motifs is 1. The number of ether oxygens (including phenoxy) is 2. The third kappa shape index (κ3) is 7.30. The van der Waals surface area contributed by atoms with Crippen molar-refractivity contribution in [1.29, 1.82) is 0 Å². The zero-order valence-corrected chi connectivity index (χ0v) is 21.5. The van der Waals surface area contributed by atoms with Crippen molar-refractivity contribution in [3.05, 3.63) is 23.4 Å². The first-order chi connectivity index (χ1) is 17.2. The number of carboxylic acids is 1. The fourth-order valence-electron chi connectivity index (χ4n) is 4.94. The summed E-state index contributed by atoms with van der Waals surface area (Å²) in [5, 5.41) is 15.2. The second-order valence-corrected chi connectivity index (χ2v) is 12.0. The second kappa shape index (κ2) is 11.7. The number of amides is 1. The average Bonchev–Trinajstić information content (AvgIpc) is 3.28. The average molecular weight is 525 g/mol. The molecule has 12 heteroatoms. The summed E-state index contributed by atoms with van der Waals surface area (Å²) in [6.07, 6.45) is 6.35. The van der Waals surface area contributed by atoms with Gasteiger partial charge in [0.1, 0.15) is 18.0 Å². The summed E-state index contributed by atoms with van der Waals surface area (Å²) in [5.41, 5.74) is 2.40. The highest BCUT2D eigenvalue weighted by atomic mass is 32.2. The van der Waals surface area contributed by atoms with E-state index in [1.807, 2.05) is 0 Å². The number of nitrogens with zero attached hydrogens (tertiary/aromatic N) is 2. The summed E-state index contributed by atoms with van der Waals surface area (Å²) in [6.45, 7) is 1.55. The Kier molecular flexibility index (Phi) is 8.68. The van der Waals surface area contributed by atoms with Gasteiger partial charge in [-0.2, -0.15) is 4.31 Å². The van der Waals surface area contributed by atoms with E-state index < -0.39 is 34.2 Å². The number of carboxylic acid groups (broad SMARTS) is 1. The van der Waals surface area contributed by atoms with Crippen LogP contribution in [0.2, 0.25) is 0 Å². The van der Waals surface area contributed by atoms with Crippen molar-refractivity contribution >= 4 is 27.9 Å². The first-order valence-corrected chi connectivity index (χ1v) is 14.5. The van der Waals surface area contributed by atoms with Gasteiger partial charge in [0.05, 0.1) is 18.9 Å². The normalized spacial score (nSPS) is 24.8. The molecule has 3 heterocycles. The number of anilines is 1. The minimum atomic E-state index is -3.35. The van der Waals surface area contributed by atoms with E-state index in [0.29, 0.717) is 12.3 Å².